The van der Waals surface area contributed by atoms with Gasteiger partial charge in [0.25, 0.3) is 5.91 Å². The molecule has 0 radical (unpaired) electrons. The average Bonchev–Trinajstić information content (AvgIpc) is 2.04. The van der Waals surface area contributed by atoms with Gasteiger partial charge in [0.2, 0.25) is 0 Å². The van der Waals surface area contributed by atoms with Crippen molar-refractivity contribution in [2.45, 2.75) is 0 Å². The van der Waals surface area contributed by atoms with Gasteiger partial charge >= 0.3 is 0 Å². The van der Waals surface area contributed by atoms with Crippen LogP contribution in [0.3, 0.4) is 0 Å². The van der Waals surface area contributed by atoms with Crippen molar-refractivity contribution in [3.63, 3.8) is 0 Å². The third kappa shape index (κ3) is 1.46. The molecule has 0 fully saturated rings. The Morgan fingerprint density at radius 2 is 2.09 bits per heavy atom. The van der Waals surface area contributed by atoms with Gasteiger partial charge in [-0.1, -0.05) is 12.1 Å². The van der Waals surface area contributed by atoms with Crippen LogP contribution in [0.15, 0.2) is 24.3 Å². The zero-order valence-electron chi connectivity index (χ0n) is 5.58. The summed E-state index contributed by atoms with van der Waals surface area (Å²) in [7, 11) is 0. The first-order chi connectivity index (χ1) is 5.25. The normalized spacial score (nSPS) is 9.18. The van der Waals surface area contributed by atoms with E-state index in [4.69, 9.17) is 5.73 Å². The van der Waals surface area contributed by atoms with E-state index in [1.54, 1.807) is 12.1 Å². The minimum atomic E-state index is -0.710. The Morgan fingerprint density at radius 1 is 1.45 bits per heavy atom. The van der Waals surface area contributed by atoms with Gasteiger partial charge in [-0.15, -0.1) is 0 Å². The van der Waals surface area contributed by atoms with Crippen LogP contribution >= 0.6 is 0 Å². The van der Waals surface area contributed by atoms with E-state index < -0.39 is 5.91 Å². The Labute approximate surface area is 62.5 Å². The predicted octanol–water partition coefficient (Wildman–Crippen LogP) is 1.05. The molecule has 2 N–H and O–H groups in total. The van der Waals surface area contributed by atoms with Crippen molar-refractivity contribution >= 4 is 5.91 Å². The van der Waals surface area contributed by atoms with Crippen molar-refractivity contribution in [3.05, 3.63) is 29.8 Å². The Kier molecular flexibility index (Phi) is 2.06. The highest BCUT2D eigenvalue weighted by atomic mass is 19.3. The largest absolute Gasteiger partial charge is 0.365 e. The number of para-hydroxylation sites is 1. The molecule has 0 aliphatic carbocycles. The lowest BCUT2D eigenvalue weighted by Gasteiger charge is -1.98. The van der Waals surface area contributed by atoms with E-state index in [-0.39, 0.29) is 11.3 Å². The molecule has 1 amide bonds. The van der Waals surface area contributed by atoms with Crippen LogP contribution in [-0.2, 0) is 0 Å². The molecule has 0 atom stereocenters. The number of halogens is 1. The number of amides is 1. The molecular formula is C7H6FNO2. The van der Waals surface area contributed by atoms with Gasteiger partial charge in [-0.05, 0) is 12.1 Å². The number of primary amides is 1. The van der Waals surface area contributed by atoms with E-state index in [2.05, 4.69) is 4.94 Å². The standard InChI is InChI=1S/C7H6FNO2/c8-11-6-4-2-1-3-5(6)7(9)10/h1-4H,(H2,9,10). The predicted molar refractivity (Wildman–Crippen MR) is 36.7 cm³/mol. The highest BCUT2D eigenvalue weighted by Crippen LogP contribution is 2.16. The average molecular weight is 155 g/mol. The van der Waals surface area contributed by atoms with E-state index in [0.717, 1.165) is 0 Å². The first-order valence-corrected chi connectivity index (χ1v) is 2.93. The second kappa shape index (κ2) is 3.01. The molecular weight excluding hydrogens is 149 g/mol. The monoisotopic (exact) mass is 155 g/mol. The van der Waals surface area contributed by atoms with Gasteiger partial charge in [0.1, 0.15) is 0 Å². The molecule has 0 aliphatic heterocycles. The van der Waals surface area contributed by atoms with Gasteiger partial charge in [0, 0.05) is 4.53 Å². The van der Waals surface area contributed by atoms with Crippen molar-refractivity contribution < 1.29 is 14.3 Å². The van der Waals surface area contributed by atoms with Gasteiger partial charge in [0.05, 0.1) is 5.56 Å². The molecule has 0 aliphatic rings. The van der Waals surface area contributed by atoms with Gasteiger partial charge < -0.3 is 5.73 Å². The molecule has 1 aromatic carbocycles. The number of rotatable bonds is 2. The van der Waals surface area contributed by atoms with Gasteiger partial charge in [-0.3, -0.25) is 9.74 Å². The first kappa shape index (κ1) is 7.53. The number of nitrogens with two attached hydrogens (primary N) is 1. The number of benzene rings is 1. The summed E-state index contributed by atoms with van der Waals surface area (Å²) in [5.74, 6) is -0.863. The Balaban J connectivity index is 3.12. The van der Waals surface area contributed by atoms with E-state index in [0.29, 0.717) is 0 Å². The summed E-state index contributed by atoms with van der Waals surface area (Å²) in [6.07, 6.45) is 0. The lowest BCUT2D eigenvalue weighted by atomic mass is 10.2. The third-order valence-corrected chi connectivity index (χ3v) is 1.24. The molecule has 0 heterocycles. The number of carbonyl (C=O) groups is 1. The van der Waals surface area contributed by atoms with Gasteiger partial charge in [0.15, 0.2) is 5.75 Å². The molecule has 0 aromatic heterocycles. The highest BCUT2D eigenvalue weighted by molar-refractivity contribution is 5.95. The summed E-state index contributed by atoms with van der Waals surface area (Å²) >= 11 is 0. The lowest BCUT2D eigenvalue weighted by Crippen LogP contribution is -2.11. The number of hydrogen-bond acceptors (Lipinski definition) is 2. The summed E-state index contributed by atoms with van der Waals surface area (Å²) in [4.78, 5) is 14.0. The maximum atomic E-state index is 11.6. The van der Waals surface area contributed by atoms with Crippen molar-refractivity contribution in [2.24, 2.45) is 5.73 Å². The van der Waals surface area contributed by atoms with Crippen molar-refractivity contribution in [3.8, 4) is 5.75 Å². The summed E-state index contributed by atoms with van der Waals surface area (Å²) in [6, 6.07) is 5.82. The van der Waals surface area contributed by atoms with Crippen LogP contribution in [0.25, 0.3) is 0 Å². The lowest BCUT2D eigenvalue weighted by molar-refractivity contribution is -0.00706. The molecule has 11 heavy (non-hydrogen) atoms. The van der Waals surface area contributed by atoms with E-state index in [9.17, 15) is 9.32 Å². The maximum absolute atomic E-state index is 11.6. The molecule has 58 valence electrons. The van der Waals surface area contributed by atoms with E-state index >= 15 is 0 Å². The molecule has 0 spiro atoms. The molecule has 1 aromatic rings. The van der Waals surface area contributed by atoms with Gasteiger partial charge in [-0.25, -0.2) is 0 Å². The van der Waals surface area contributed by atoms with Crippen molar-refractivity contribution in [1.82, 2.24) is 0 Å². The van der Waals surface area contributed by atoms with E-state index in [1.807, 2.05) is 0 Å². The highest BCUT2D eigenvalue weighted by Gasteiger charge is 2.07. The Hall–Kier alpha value is -1.58. The summed E-state index contributed by atoms with van der Waals surface area (Å²) < 4.78 is 11.6. The van der Waals surface area contributed by atoms with Crippen molar-refractivity contribution in [1.29, 1.82) is 0 Å². The SMILES string of the molecule is NC(=O)c1ccccc1OF. The van der Waals surface area contributed by atoms with Crippen LogP contribution in [0.2, 0.25) is 0 Å². The van der Waals surface area contributed by atoms with E-state index in [1.165, 1.54) is 12.1 Å². The molecule has 3 nitrogen and oxygen atoms in total. The minimum Gasteiger partial charge on any atom is -0.365 e. The summed E-state index contributed by atoms with van der Waals surface area (Å²) in [5.41, 5.74) is 4.94. The summed E-state index contributed by atoms with van der Waals surface area (Å²) in [6.45, 7) is 0. The molecule has 0 saturated carbocycles. The topological polar surface area (TPSA) is 52.3 Å². The first-order valence-electron chi connectivity index (χ1n) is 2.93. The fourth-order valence-electron chi connectivity index (χ4n) is 0.737. The number of carbonyl (C=O) groups excluding carboxylic acids is 1. The van der Waals surface area contributed by atoms with Crippen LogP contribution in [0.5, 0.6) is 5.75 Å². The summed E-state index contributed by atoms with van der Waals surface area (Å²) in [5, 5.41) is 0. The fraction of sp³-hybridized carbons (Fsp3) is 0. The molecule has 4 heteroatoms. The fourth-order valence-corrected chi connectivity index (χ4v) is 0.737. The molecule has 0 bridgehead atoms. The van der Waals surface area contributed by atoms with Crippen LogP contribution in [0, 0.1) is 0 Å². The van der Waals surface area contributed by atoms with Crippen LogP contribution in [-0.4, -0.2) is 5.91 Å². The maximum Gasteiger partial charge on any atom is 0.252 e. The number of hydrogen-bond donors (Lipinski definition) is 1. The van der Waals surface area contributed by atoms with Gasteiger partial charge in [-0.2, -0.15) is 0 Å². The van der Waals surface area contributed by atoms with Crippen LogP contribution < -0.4 is 10.7 Å². The minimum absolute atomic E-state index is 0.0370. The third-order valence-electron chi connectivity index (χ3n) is 1.24. The zero-order valence-corrected chi connectivity index (χ0v) is 5.58. The molecule has 1 rings (SSSR count). The Bertz CT molecular complexity index is 275. The molecule has 0 saturated heterocycles. The van der Waals surface area contributed by atoms with Crippen LogP contribution in [0.4, 0.5) is 4.53 Å². The van der Waals surface area contributed by atoms with Crippen LogP contribution in [0.1, 0.15) is 10.4 Å². The second-order valence-corrected chi connectivity index (χ2v) is 1.94. The quantitative estimate of drug-likeness (QED) is 0.693. The smallest absolute Gasteiger partial charge is 0.252 e. The zero-order chi connectivity index (χ0) is 8.27. The molecule has 0 unspecified atom stereocenters. The van der Waals surface area contributed by atoms with Crippen molar-refractivity contribution in [2.75, 3.05) is 0 Å². The Morgan fingerprint density at radius 3 is 2.55 bits per heavy atom. The second-order valence-electron chi connectivity index (χ2n) is 1.94.